The highest BCUT2D eigenvalue weighted by atomic mass is 16.6. The molecule has 0 atom stereocenters. The van der Waals surface area contributed by atoms with Crippen molar-refractivity contribution in [2.75, 3.05) is 5.32 Å². The van der Waals surface area contributed by atoms with Crippen LogP contribution in [0.2, 0.25) is 0 Å². The Labute approximate surface area is 155 Å². The molecule has 0 saturated carbocycles. The third kappa shape index (κ3) is 5.26. The molecule has 0 fully saturated rings. The number of anilines is 1. The van der Waals surface area contributed by atoms with Gasteiger partial charge in [-0.05, 0) is 29.8 Å². The van der Waals surface area contributed by atoms with Crippen molar-refractivity contribution in [3.05, 3.63) is 93.9 Å². The first kappa shape index (κ1) is 18.3. The van der Waals surface area contributed by atoms with Gasteiger partial charge in [-0.1, -0.05) is 30.3 Å². The second-order valence-corrected chi connectivity index (χ2v) is 5.88. The van der Waals surface area contributed by atoms with E-state index in [1.807, 2.05) is 18.2 Å². The van der Waals surface area contributed by atoms with E-state index in [0.717, 1.165) is 11.3 Å². The number of amides is 1. The van der Waals surface area contributed by atoms with E-state index < -0.39 is 4.92 Å². The number of nitrogens with zero attached hydrogens (tertiary/aromatic N) is 1. The van der Waals surface area contributed by atoms with Crippen LogP contribution in [0.4, 0.5) is 11.4 Å². The normalized spacial score (nSPS) is 10.5. The Morgan fingerprint density at radius 2 is 1.93 bits per heavy atom. The lowest BCUT2D eigenvalue weighted by molar-refractivity contribution is -0.385. The van der Waals surface area contributed by atoms with Crippen LogP contribution < -0.4 is 5.32 Å². The second kappa shape index (κ2) is 8.77. The maximum Gasteiger partial charge on any atom is 0.273 e. The SMILES string of the molecule is O=C(Cc1ccccc1[N+](=O)[O-])Nc1cccc(COCc2ccco2)c1. The van der Waals surface area contributed by atoms with Crippen molar-refractivity contribution in [1.29, 1.82) is 0 Å². The van der Waals surface area contributed by atoms with Crippen molar-refractivity contribution < 1.29 is 18.9 Å². The summed E-state index contributed by atoms with van der Waals surface area (Å²) < 4.78 is 10.8. The highest BCUT2D eigenvalue weighted by Crippen LogP contribution is 2.19. The molecule has 0 spiro atoms. The number of nitro benzene ring substituents is 1. The van der Waals surface area contributed by atoms with Gasteiger partial charge in [-0.3, -0.25) is 14.9 Å². The Morgan fingerprint density at radius 1 is 1.07 bits per heavy atom. The predicted octanol–water partition coefficient (Wildman–Crippen LogP) is 4.09. The van der Waals surface area contributed by atoms with Crippen LogP contribution in [0, 0.1) is 10.1 Å². The van der Waals surface area contributed by atoms with Crippen LogP contribution in [0.15, 0.2) is 71.3 Å². The molecule has 0 aliphatic rings. The molecule has 138 valence electrons. The van der Waals surface area contributed by atoms with Crippen LogP contribution in [0.1, 0.15) is 16.9 Å². The number of para-hydroxylation sites is 1. The third-order valence-electron chi connectivity index (χ3n) is 3.84. The summed E-state index contributed by atoms with van der Waals surface area (Å²) in [5.74, 6) is 0.418. The first-order valence-electron chi connectivity index (χ1n) is 8.33. The standard InChI is InChI=1S/C20H18N2O5/c23-20(12-16-6-1-2-9-19(16)22(24)25)21-17-7-3-5-15(11-17)13-26-14-18-8-4-10-27-18/h1-11H,12-14H2,(H,21,23). The molecule has 0 saturated heterocycles. The first-order chi connectivity index (χ1) is 13.1. The van der Waals surface area contributed by atoms with Gasteiger partial charge in [0.25, 0.3) is 5.69 Å². The number of rotatable bonds is 8. The summed E-state index contributed by atoms with van der Waals surface area (Å²) in [7, 11) is 0. The van der Waals surface area contributed by atoms with Gasteiger partial charge in [-0.25, -0.2) is 0 Å². The number of nitro groups is 1. The van der Waals surface area contributed by atoms with Gasteiger partial charge in [-0.15, -0.1) is 0 Å². The predicted molar refractivity (Wildman–Crippen MR) is 99.1 cm³/mol. The molecule has 7 heteroatoms. The second-order valence-electron chi connectivity index (χ2n) is 5.88. The minimum Gasteiger partial charge on any atom is -0.467 e. The molecule has 0 aliphatic heterocycles. The number of furan rings is 1. The number of ether oxygens (including phenoxy) is 1. The van der Waals surface area contributed by atoms with Crippen molar-refractivity contribution in [3.8, 4) is 0 Å². The molecular formula is C20H18N2O5. The Hall–Kier alpha value is -3.45. The number of carbonyl (C=O) groups excluding carboxylic acids is 1. The molecule has 0 unspecified atom stereocenters. The molecule has 1 amide bonds. The lowest BCUT2D eigenvalue weighted by Crippen LogP contribution is -2.15. The lowest BCUT2D eigenvalue weighted by Gasteiger charge is -2.08. The largest absolute Gasteiger partial charge is 0.467 e. The fourth-order valence-corrected chi connectivity index (χ4v) is 2.62. The van der Waals surface area contributed by atoms with Gasteiger partial charge >= 0.3 is 0 Å². The molecule has 0 bridgehead atoms. The highest BCUT2D eigenvalue weighted by Gasteiger charge is 2.15. The van der Waals surface area contributed by atoms with Crippen molar-refractivity contribution in [3.63, 3.8) is 0 Å². The number of hydrogen-bond acceptors (Lipinski definition) is 5. The van der Waals surface area contributed by atoms with Gasteiger partial charge in [0.15, 0.2) is 0 Å². The maximum absolute atomic E-state index is 12.3. The molecule has 7 nitrogen and oxygen atoms in total. The van der Waals surface area contributed by atoms with Crippen molar-refractivity contribution in [2.45, 2.75) is 19.6 Å². The fourth-order valence-electron chi connectivity index (χ4n) is 2.62. The van der Waals surface area contributed by atoms with Crippen LogP contribution in [-0.4, -0.2) is 10.8 Å². The zero-order chi connectivity index (χ0) is 19.1. The molecular weight excluding hydrogens is 348 g/mol. The van der Waals surface area contributed by atoms with E-state index in [-0.39, 0.29) is 18.0 Å². The Kier molecular flexibility index (Phi) is 5.96. The van der Waals surface area contributed by atoms with Crippen molar-refractivity contribution in [2.24, 2.45) is 0 Å². The van der Waals surface area contributed by atoms with E-state index in [2.05, 4.69) is 5.32 Å². The highest BCUT2D eigenvalue weighted by molar-refractivity contribution is 5.92. The van der Waals surface area contributed by atoms with E-state index in [0.29, 0.717) is 24.5 Å². The number of benzene rings is 2. The van der Waals surface area contributed by atoms with Gasteiger partial charge < -0.3 is 14.5 Å². The summed E-state index contributed by atoms with van der Waals surface area (Å²) in [5.41, 5.74) is 1.81. The van der Waals surface area contributed by atoms with Gasteiger partial charge in [-0.2, -0.15) is 0 Å². The average molecular weight is 366 g/mol. The first-order valence-corrected chi connectivity index (χ1v) is 8.33. The van der Waals surface area contributed by atoms with Gasteiger partial charge in [0.05, 0.1) is 24.2 Å². The van der Waals surface area contributed by atoms with Crippen LogP contribution in [-0.2, 0) is 29.2 Å². The van der Waals surface area contributed by atoms with Crippen LogP contribution in [0.3, 0.4) is 0 Å². The lowest BCUT2D eigenvalue weighted by atomic mass is 10.1. The minimum atomic E-state index is -0.487. The van der Waals surface area contributed by atoms with E-state index in [1.165, 1.54) is 6.07 Å². The zero-order valence-electron chi connectivity index (χ0n) is 14.5. The smallest absolute Gasteiger partial charge is 0.273 e. The quantitative estimate of drug-likeness (QED) is 0.479. The summed E-state index contributed by atoms with van der Waals surface area (Å²) in [6, 6.07) is 17.1. The Balaban J connectivity index is 1.57. The van der Waals surface area contributed by atoms with Gasteiger partial charge in [0.1, 0.15) is 12.4 Å². The molecule has 0 aliphatic carbocycles. The number of nitrogens with one attached hydrogen (secondary N) is 1. The summed E-state index contributed by atoms with van der Waals surface area (Å²) in [6.07, 6.45) is 1.52. The molecule has 1 aromatic heterocycles. The van der Waals surface area contributed by atoms with Crippen molar-refractivity contribution >= 4 is 17.3 Å². The topological polar surface area (TPSA) is 94.6 Å². The van der Waals surface area contributed by atoms with E-state index in [9.17, 15) is 14.9 Å². The third-order valence-corrected chi connectivity index (χ3v) is 3.84. The molecule has 3 aromatic rings. The Morgan fingerprint density at radius 3 is 2.70 bits per heavy atom. The van der Waals surface area contributed by atoms with Crippen LogP contribution in [0.5, 0.6) is 0 Å². The number of hydrogen-bond donors (Lipinski definition) is 1. The summed E-state index contributed by atoms with van der Waals surface area (Å²) in [4.78, 5) is 22.8. The van der Waals surface area contributed by atoms with Crippen molar-refractivity contribution in [1.82, 2.24) is 0 Å². The Bertz CT molecular complexity index is 922. The van der Waals surface area contributed by atoms with E-state index in [4.69, 9.17) is 9.15 Å². The molecule has 2 aromatic carbocycles. The molecule has 1 N–H and O–H groups in total. The monoisotopic (exact) mass is 366 g/mol. The average Bonchev–Trinajstić information content (AvgIpc) is 3.16. The fraction of sp³-hybridized carbons (Fsp3) is 0.150. The zero-order valence-corrected chi connectivity index (χ0v) is 14.5. The molecule has 1 heterocycles. The summed E-state index contributed by atoms with van der Waals surface area (Å²) in [6.45, 7) is 0.732. The minimum absolute atomic E-state index is 0.0623. The van der Waals surface area contributed by atoms with Gasteiger partial charge in [0, 0.05) is 17.3 Å². The molecule has 0 radical (unpaired) electrons. The van der Waals surface area contributed by atoms with Crippen LogP contribution >= 0.6 is 0 Å². The van der Waals surface area contributed by atoms with E-state index >= 15 is 0 Å². The summed E-state index contributed by atoms with van der Waals surface area (Å²) >= 11 is 0. The molecule has 3 rings (SSSR count). The van der Waals surface area contributed by atoms with Gasteiger partial charge in [0.2, 0.25) is 5.91 Å². The van der Waals surface area contributed by atoms with E-state index in [1.54, 1.807) is 42.7 Å². The maximum atomic E-state index is 12.3. The van der Waals surface area contributed by atoms with Crippen LogP contribution in [0.25, 0.3) is 0 Å². The number of carbonyl (C=O) groups is 1. The summed E-state index contributed by atoms with van der Waals surface area (Å²) in [5, 5.41) is 13.8. The molecule has 27 heavy (non-hydrogen) atoms.